The van der Waals surface area contributed by atoms with Gasteiger partial charge in [-0.2, -0.15) is 8.42 Å². The SMILES string of the molecule is CC(=O)OC1O[C@@](COCc2ccccc2)(COS(C)(=O)=O)C(OCc2ccccc2)[C@@H]1OC(C)=O. The van der Waals surface area contributed by atoms with Gasteiger partial charge in [0.2, 0.25) is 6.29 Å². The molecule has 10 nitrogen and oxygen atoms in total. The van der Waals surface area contributed by atoms with Gasteiger partial charge in [-0.25, -0.2) is 0 Å². The van der Waals surface area contributed by atoms with E-state index in [4.69, 9.17) is 27.9 Å². The molecular formula is C25H30O10S. The van der Waals surface area contributed by atoms with Crippen LogP contribution in [0.5, 0.6) is 0 Å². The van der Waals surface area contributed by atoms with Gasteiger partial charge in [-0.3, -0.25) is 13.8 Å². The van der Waals surface area contributed by atoms with Gasteiger partial charge in [-0.1, -0.05) is 60.7 Å². The van der Waals surface area contributed by atoms with Crippen LogP contribution in [-0.2, 0) is 60.8 Å². The molecule has 4 atom stereocenters. The van der Waals surface area contributed by atoms with Crippen molar-refractivity contribution in [3.05, 3.63) is 71.8 Å². The molecular weight excluding hydrogens is 492 g/mol. The van der Waals surface area contributed by atoms with E-state index in [1.54, 1.807) is 0 Å². The van der Waals surface area contributed by atoms with Crippen molar-refractivity contribution in [2.24, 2.45) is 0 Å². The Morgan fingerprint density at radius 1 is 0.861 bits per heavy atom. The van der Waals surface area contributed by atoms with Gasteiger partial charge in [-0.05, 0) is 11.1 Å². The van der Waals surface area contributed by atoms with Crippen LogP contribution in [0, 0.1) is 0 Å². The monoisotopic (exact) mass is 522 g/mol. The van der Waals surface area contributed by atoms with Crippen molar-refractivity contribution < 1.29 is 45.9 Å². The van der Waals surface area contributed by atoms with E-state index in [-0.39, 0.29) is 19.8 Å². The molecule has 0 bridgehead atoms. The van der Waals surface area contributed by atoms with Crippen molar-refractivity contribution in [3.63, 3.8) is 0 Å². The highest BCUT2D eigenvalue weighted by atomic mass is 32.2. The van der Waals surface area contributed by atoms with Crippen LogP contribution in [0.15, 0.2) is 60.7 Å². The number of esters is 2. The van der Waals surface area contributed by atoms with Crippen molar-refractivity contribution in [2.45, 2.75) is 51.2 Å². The Hall–Kier alpha value is -2.83. The van der Waals surface area contributed by atoms with Gasteiger partial charge in [0.1, 0.15) is 12.7 Å². The van der Waals surface area contributed by atoms with Crippen LogP contribution in [0.2, 0.25) is 0 Å². The molecule has 0 aromatic heterocycles. The summed E-state index contributed by atoms with van der Waals surface area (Å²) in [6, 6.07) is 18.5. The van der Waals surface area contributed by atoms with Crippen molar-refractivity contribution in [1.82, 2.24) is 0 Å². The zero-order valence-corrected chi connectivity index (χ0v) is 21.1. The molecule has 0 N–H and O–H groups in total. The molecule has 0 spiro atoms. The standard InChI is InChI=1S/C25H30O10S/c1-18(26)33-22-23(31-15-21-12-8-5-9-13-21)25(17-32-36(3,28)29,35-24(22)34-19(2)27)16-30-14-20-10-6-4-7-11-20/h4-13,22-24H,14-17H2,1-3H3/t22-,23?,24?,25-/m0/s1. The van der Waals surface area contributed by atoms with E-state index in [9.17, 15) is 18.0 Å². The summed E-state index contributed by atoms with van der Waals surface area (Å²) < 4.78 is 57.7. The average Bonchev–Trinajstić information content (AvgIpc) is 3.08. The normalized spacial score (nSPS) is 23.8. The van der Waals surface area contributed by atoms with Gasteiger partial charge in [0.05, 0.1) is 26.1 Å². The first kappa shape index (κ1) is 27.8. The third kappa shape index (κ3) is 8.10. The first-order valence-electron chi connectivity index (χ1n) is 11.2. The lowest BCUT2D eigenvalue weighted by Crippen LogP contribution is -2.53. The van der Waals surface area contributed by atoms with Gasteiger partial charge < -0.3 is 23.7 Å². The molecule has 2 aromatic carbocycles. The Bertz CT molecular complexity index is 1110. The second kappa shape index (κ2) is 12.4. The second-order valence-corrected chi connectivity index (χ2v) is 10.0. The van der Waals surface area contributed by atoms with Crippen LogP contribution in [0.1, 0.15) is 25.0 Å². The fourth-order valence-electron chi connectivity index (χ4n) is 3.77. The van der Waals surface area contributed by atoms with Gasteiger partial charge in [-0.15, -0.1) is 0 Å². The van der Waals surface area contributed by atoms with Gasteiger partial charge >= 0.3 is 11.9 Å². The van der Waals surface area contributed by atoms with E-state index < -0.39 is 52.8 Å². The van der Waals surface area contributed by atoms with E-state index in [0.29, 0.717) is 0 Å². The minimum absolute atomic E-state index is 0.0682. The van der Waals surface area contributed by atoms with Gasteiger partial charge in [0.25, 0.3) is 10.1 Å². The lowest BCUT2D eigenvalue weighted by molar-refractivity contribution is -0.217. The van der Waals surface area contributed by atoms with E-state index >= 15 is 0 Å². The maximum Gasteiger partial charge on any atom is 0.305 e. The molecule has 1 heterocycles. The van der Waals surface area contributed by atoms with Crippen LogP contribution < -0.4 is 0 Å². The van der Waals surface area contributed by atoms with Crippen molar-refractivity contribution in [1.29, 1.82) is 0 Å². The van der Waals surface area contributed by atoms with Gasteiger partial charge in [0.15, 0.2) is 11.7 Å². The molecule has 36 heavy (non-hydrogen) atoms. The molecule has 1 aliphatic rings. The number of hydrogen-bond acceptors (Lipinski definition) is 10. The average molecular weight is 523 g/mol. The minimum Gasteiger partial charge on any atom is -0.453 e. The molecule has 11 heteroatoms. The molecule has 1 aliphatic heterocycles. The molecule has 196 valence electrons. The van der Waals surface area contributed by atoms with E-state index in [1.165, 1.54) is 13.8 Å². The number of carbonyl (C=O) groups excluding carboxylic acids is 2. The summed E-state index contributed by atoms with van der Waals surface area (Å²) in [6.07, 6.45) is -2.80. The zero-order valence-electron chi connectivity index (χ0n) is 20.3. The Kier molecular flexibility index (Phi) is 9.57. The number of ether oxygens (including phenoxy) is 5. The van der Waals surface area contributed by atoms with Crippen molar-refractivity contribution in [2.75, 3.05) is 19.5 Å². The van der Waals surface area contributed by atoms with Crippen molar-refractivity contribution >= 4 is 22.1 Å². The molecule has 2 aromatic rings. The Labute approximate surface area is 210 Å². The summed E-state index contributed by atoms with van der Waals surface area (Å²) in [6.45, 7) is 1.86. The predicted octanol–water partition coefficient (Wildman–Crippen LogP) is 2.35. The fraction of sp³-hybridized carbons (Fsp3) is 0.440. The summed E-state index contributed by atoms with van der Waals surface area (Å²) in [4.78, 5) is 23.7. The molecule has 3 rings (SSSR count). The summed E-state index contributed by atoms with van der Waals surface area (Å²) in [5, 5.41) is 0. The van der Waals surface area contributed by atoms with Crippen LogP contribution >= 0.6 is 0 Å². The third-order valence-electron chi connectivity index (χ3n) is 5.27. The lowest BCUT2D eigenvalue weighted by atomic mass is 9.96. The Balaban J connectivity index is 1.94. The summed E-state index contributed by atoms with van der Waals surface area (Å²) >= 11 is 0. The van der Waals surface area contributed by atoms with Crippen LogP contribution in [-0.4, -0.2) is 63.9 Å². The molecule has 1 fully saturated rings. The van der Waals surface area contributed by atoms with Crippen LogP contribution in [0.25, 0.3) is 0 Å². The molecule has 1 saturated heterocycles. The first-order valence-corrected chi connectivity index (χ1v) is 13.0. The number of rotatable bonds is 12. The molecule has 0 saturated carbocycles. The van der Waals surface area contributed by atoms with Crippen LogP contribution in [0.3, 0.4) is 0 Å². The lowest BCUT2D eigenvalue weighted by Gasteiger charge is -2.33. The van der Waals surface area contributed by atoms with Crippen molar-refractivity contribution in [3.8, 4) is 0 Å². The summed E-state index contributed by atoms with van der Waals surface area (Å²) in [7, 11) is -3.91. The fourth-order valence-corrected chi connectivity index (χ4v) is 4.19. The largest absolute Gasteiger partial charge is 0.453 e. The highest BCUT2D eigenvalue weighted by Gasteiger charge is 2.60. The summed E-state index contributed by atoms with van der Waals surface area (Å²) in [5.41, 5.74) is 0.0648. The number of benzene rings is 2. The molecule has 0 amide bonds. The highest BCUT2D eigenvalue weighted by molar-refractivity contribution is 7.85. The first-order chi connectivity index (χ1) is 17.1. The Morgan fingerprint density at radius 2 is 1.42 bits per heavy atom. The second-order valence-electron chi connectivity index (χ2n) is 8.40. The summed E-state index contributed by atoms with van der Waals surface area (Å²) in [5.74, 6) is -1.36. The smallest absolute Gasteiger partial charge is 0.305 e. The molecule has 0 radical (unpaired) electrons. The van der Waals surface area contributed by atoms with Gasteiger partial charge in [0, 0.05) is 13.8 Å². The quantitative estimate of drug-likeness (QED) is 0.303. The van der Waals surface area contributed by atoms with E-state index in [1.807, 2.05) is 60.7 Å². The van der Waals surface area contributed by atoms with E-state index in [0.717, 1.165) is 17.4 Å². The number of carbonyl (C=O) groups is 2. The topological polar surface area (TPSA) is 124 Å². The number of hydrogen-bond donors (Lipinski definition) is 0. The maximum absolute atomic E-state index is 11.9. The predicted molar refractivity (Wildman–Crippen MR) is 127 cm³/mol. The van der Waals surface area contributed by atoms with Crippen LogP contribution in [0.4, 0.5) is 0 Å². The Morgan fingerprint density at radius 3 is 1.94 bits per heavy atom. The minimum atomic E-state index is -3.91. The zero-order chi connectivity index (χ0) is 26.2. The van der Waals surface area contributed by atoms with E-state index in [2.05, 4.69) is 0 Å². The molecule has 2 unspecified atom stereocenters. The third-order valence-corrected chi connectivity index (χ3v) is 5.81. The maximum atomic E-state index is 11.9. The highest BCUT2D eigenvalue weighted by Crippen LogP contribution is 2.38. The molecule has 0 aliphatic carbocycles.